The van der Waals surface area contributed by atoms with Crippen molar-refractivity contribution in [1.29, 1.82) is 0 Å². The van der Waals surface area contributed by atoms with Gasteiger partial charge in [0.05, 0.1) is 17.8 Å². The summed E-state index contributed by atoms with van der Waals surface area (Å²) in [5.74, 6) is -0.761. The molecule has 0 bridgehead atoms. The average molecular weight is 270 g/mol. The number of aromatic carboxylic acids is 1. The molecule has 0 aliphatic carbocycles. The summed E-state index contributed by atoms with van der Waals surface area (Å²) >= 11 is 1.31. The summed E-state index contributed by atoms with van der Waals surface area (Å²) in [6.45, 7) is 2.02. The summed E-state index contributed by atoms with van der Waals surface area (Å²) in [6.07, 6.45) is 2.42. The number of carbonyl (C=O) groups is 1. The number of hydrogen-bond donors (Lipinski definition) is 1. The van der Waals surface area contributed by atoms with Gasteiger partial charge in [0, 0.05) is 10.6 Å². The highest BCUT2D eigenvalue weighted by Crippen LogP contribution is 2.28. The maximum Gasteiger partial charge on any atom is 0.335 e. The number of benzene rings is 1. The molecule has 2 unspecified atom stereocenters. The molecule has 1 heterocycles. The van der Waals surface area contributed by atoms with Crippen LogP contribution in [0.25, 0.3) is 0 Å². The first-order chi connectivity index (χ1) is 8.56. The summed E-state index contributed by atoms with van der Waals surface area (Å²) in [4.78, 5) is 11.2. The van der Waals surface area contributed by atoms with Crippen molar-refractivity contribution in [3.63, 3.8) is 0 Å². The zero-order chi connectivity index (χ0) is 13.1. The second kappa shape index (κ2) is 5.71. The Bertz CT molecular complexity index is 450. The lowest BCUT2D eigenvalue weighted by Crippen LogP contribution is -2.11. The Morgan fingerprint density at radius 1 is 1.56 bits per heavy atom. The van der Waals surface area contributed by atoms with Gasteiger partial charge in [-0.05, 0) is 38.0 Å². The molecule has 0 saturated carbocycles. The molecule has 3 nitrogen and oxygen atoms in total. The topological polar surface area (TPSA) is 46.5 Å². The van der Waals surface area contributed by atoms with Crippen LogP contribution in [0.1, 0.15) is 30.1 Å². The summed E-state index contributed by atoms with van der Waals surface area (Å²) in [7, 11) is 0. The molecule has 18 heavy (non-hydrogen) atoms. The average Bonchev–Trinajstić information content (AvgIpc) is 2.74. The van der Waals surface area contributed by atoms with E-state index in [4.69, 9.17) is 9.84 Å². The Labute approximate surface area is 109 Å². The second-order valence-corrected chi connectivity index (χ2v) is 5.47. The predicted molar refractivity (Wildman–Crippen MR) is 67.7 cm³/mol. The van der Waals surface area contributed by atoms with E-state index < -0.39 is 5.97 Å². The molecule has 1 aliphatic rings. The molecule has 0 spiro atoms. The molecule has 1 aromatic carbocycles. The highest BCUT2D eigenvalue weighted by molar-refractivity contribution is 7.99. The Hall–Kier alpha value is -1.07. The van der Waals surface area contributed by atoms with Crippen molar-refractivity contribution in [2.45, 2.75) is 36.9 Å². The molecule has 0 amide bonds. The predicted octanol–water partition coefficient (Wildman–Crippen LogP) is 3.18. The van der Waals surface area contributed by atoms with Gasteiger partial charge in [-0.3, -0.25) is 0 Å². The van der Waals surface area contributed by atoms with Crippen LogP contribution in [0.2, 0.25) is 0 Å². The number of thioether (sulfide) groups is 1. The number of ether oxygens (including phenoxy) is 1. The molecule has 5 heteroatoms. The molecule has 1 fully saturated rings. The second-order valence-electron chi connectivity index (χ2n) is 4.41. The standard InChI is InChI=1S/C13H15FO3S/c1-8-2-4-10(17-8)7-18-12-6-9(13(15)16)3-5-11(12)14/h3,5-6,8,10H,2,4,7H2,1H3,(H,15,16). The van der Waals surface area contributed by atoms with Gasteiger partial charge in [0.2, 0.25) is 0 Å². The monoisotopic (exact) mass is 270 g/mol. The number of hydrogen-bond acceptors (Lipinski definition) is 3. The number of rotatable bonds is 4. The Morgan fingerprint density at radius 2 is 2.33 bits per heavy atom. The van der Waals surface area contributed by atoms with Crippen molar-refractivity contribution < 1.29 is 19.0 Å². The molecule has 1 aliphatic heterocycles. The molecule has 1 aromatic rings. The van der Waals surface area contributed by atoms with E-state index in [2.05, 4.69) is 0 Å². The van der Waals surface area contributed by atoms with Crippen LogP contribution in [0, 0.1) is 5.82 Å². The highest BCUT2D eigenvalue weighted by Gasteiger charge is 2.22. The lowest BCUT2D eigenvalue weighted by molar-refractivity contribution is 0.0694. The van der Waals surface area contributed by atoms with Gasteiger partial charge in [-0.25, -0.2) is 9.18 Å². The van der Waals surface area contributed by atoms with Crippen molar-refractivity contribution in [2.75, 3.05) is 5.75 Å². The minimum atomic E-state index is -1.04. The zero-order valence-electron chi connectivity index (χ0n) is 10.1. The van der Waals surface area contributed by atoms with E-state index in [0.717, 1.165) is 12.8 Å². The van der Waals surface area contributed by atoms with Gasteiger partial charge >= 0.3 is 5.97 Å². The first-order valence-corrected chi connectivity index (χ1v) is 6.86. The van der Waals surface area contributed by atoms with Crippen LogP contribution in [0.3, 0.4) is 0 Å². The number of halogens is 1. The molecule has 1 saturated heterocycles. The first kappa shape index (κ1) is 13.4. The lowest BCUT2D eigenvalue weighted by Gasteiger charge is -2.11. The summed E-state index contributed by atoms with van der Waals surface area (Å²) < 4.78 is 19.2. The highest BCUT2D eigenvalue weighted by atomic mass is 32.2. The SMILES string of the molecule is CC1CCC(CSc2cc(C(=O)O)ccc2F)O1. The maximum absolute atomic E-state index is 13.5. The van der Waals surface area contributed by atoms with Gasteiger partial charge in [0.15, 0.2) is 0 Å². The number of carboxylic acid groups (broad SMARTS) is 1. The molecule has 2 atom stereocenters. The van der Waals surface area contributed by atoms with Crippen LogP contribution < -0.4 is 0 Å². The van der Waals surface area contributed by atoms with Crippen LogP contribution in [0.5, 0.6) is 0 Å². The normalized spacial score (nSPS) is 23.2. The van der Waals surface area contributed by atoms with E-state index in [1.165, 1.54) is 30.0 Å². The van der Waals surface area contributed by atoms with Gasteiger partial charge in [0.25, 0.3) is 0 Å². The Balaban J connectivity index is 2.00. The van der Waals surface area contributed by atoms with Gasteiger partial charge in [-0.1, -0.05) is 0 Å². The minimum Gasteiger partial charge on any atom is -0.478 e. The van der Waals surface area contributed by atoms with Crippen molar-refractivity contribution >= 4 is 17.7 Å². The fraction of sp³-hybridized carbons (Fsp3) is 0.462. The van der Waals surface area contributed by atoms with Gasteiger partial charge in [0.1, 0.15) is 5.82 Å². The molecule has 0 radical (unpaired) electrons. The summed E-state index contributed by atoms with van der Waals surface area (Å²) in [6, 6.07) is 3.85. The maximum atomic E-state index is 13.5. The van der Waals surface area contributed by atoms with Crippen molar-refractivity contribution in [3.05, 3.63) is 29.6 Å². The number of carboxylic acids is 1. The van der Waals surface area contributed by atoms with Crippen LogP contribution >= 0.6 is 11.8 Å². The molecule has 98 valence electrons. The van der Waals surface area contributed by atoms with E-state index >= 15 is 0 Å². The van der Waals surface area contributed by atoms with E-state index in [1.807, 2.05) is 6.92 Å². The van der Waals surface area contributed by atoms with Crippen LogP contribution in [-0.4, -0.2) is 29.0 Å². The molecular weight excluding hydrogens is 255 g/mol. The third-order valence-electron chi connectivity index (χ3n) is 2.92. The Morgan fingerprint density at radius 3 is 2.94 bits per heavy atom. The van der Waals surface area contributed by atoms with E-state index in [1.54, 1.807) is 0 Å². The van der Waals surface area contributed by atoms with E-state index in [0.29, 0.717) is 10.6 Å². The van der Waals surface area contributed by atoms with Gasteiger partial charge in [-0.2, -0.15) is 0 Å². The molecular formula is C13H15FO3S. The lowest BCUT2D eigenvalue weighted by atomic mass is 10.2. The van der Waals surface area contributed by atoms with E-state index in [9.17, 15) is 9.18 Å². The first-order valence-electron chi connectivity index (χ1n) is 5.87. The molecule has 1 N–H and O–H groups in total. The summed E-state index contributed by atoms with van der Waals surface area (Å²) in [5, 5.41) is 8.86. The van der Waals surface area contributed by atoms with Crippen molar-refractivity contribution in [2.24, 2.45) is 0 Å². The summed E-state index contributed by atoms with van der Waals surface area (Å²) in [5.41, 5.74) is 0.111. The quantitative estimate of drug-likeness (QED) is 0.854. The molecule has 2 rings (SSSR count). The third kappa shape index (κ3) is 3.23. The van der Waals surface area contributed by atoms with Crippen LogP contribution in [0.15, 0.2) is 23.1 Å². The smallest absolute Gasteiger partial charge is 0.335 e. The Kier molecular flexibility index (Phi) is 4.24. The van der Waals surface area contributed by atoms with Crippen LogP contribution in [0.4, 0.5) is 4.39 Å². The minimum absolute atomic E-state index is 0.111. The van der Waals surface area contributed by atoms with Crippen LogP contribution in [-0.2, 0) is 4.74 Å². The van der Waals surface area contributed by atoms with Gasteiger partial charge in [-0.15, -0.1) is 11.8 Å². The van der Waals surface area contributed by atoms with Crippen molar-refractivity contribution in [3.8, 4) is 0 Å². The zero-order valence-corrected chi connectivity index (χ0v) is 10.9. The fourth-order valence-electron chi connectivity index (χ4n) is 1.94. The van der Waals surface area contributed by atoms with Crippen molar-refractivity contribution in [1.82, 2.24) is 0 Å². The van der Waals surface area contributed by atoms with E-state index in [-0.39, 0.29) is 23.6 Å². The third-order valence-corrected chi connectivity index (χ3v) is 4.09. The fourth-order valence-corrected chi connectivity index (χ4v) is 2.96. The van der Waals surface area contributed by atoms with Gasteiger partial charge < -0.3 is 9.84 Å². The molecule has 0 aromatic heterocycles. The largest absolute Gasteiger partial charge is 0.478 e.